The van der Waals surface area contributed by atoms with Gasteiger partial charge < -0.3 is 19.1 Å². The monoisotopic (exact) mass is 574 g/mol. The average molecular weight is 575 g/mol. The molecule has 0 unspecified atom stereocenters. The summed E-state index contributed by atoms with van der Waals surface area (Å²) < 4.78 is 17.2. The molecule has 3 aliphatic heterocycles. The number of fused-ring (bicyclic) bond motifs is 2. The minimum absolute atomic E-state index is 0.206. The molecule has 0 spiro atoms. The maximum absolute atomic E-state index is 13.3. The third-order valence-corrected chi connectivity index (χ3v) is 7.42. The number of piperidine rings is 1. The van der Waals surface area contributed by atoms with Gasteiger partial charge in [-0.2, -0.15) is 5.17 Å². The average Bonchev–Trinajstić information content (AvgIpc) is 2.91. The molecule has 2 N–H and O–H groups in total. The Hall–Kier alpha value is -3.48. The number of anilines is 2. The number of hydrogen-bond donors (Lipinski definition) is 2. The van der Waals surface area contributed by atoms with Gasteiger partial charge in [-0.25, -0.2) is 15.0 Å². The molecule has 0 aliphatic carbocycles. The quantitative estimate of drug-likeness (QED) is 0.526. The smallest absolute Gasteiger partial charge is 0.410 e. The Labute approximate surface area is 238 Å². The maximum Gasteiger partial charge on any atom is 0.410 e. The second-order valence-corrected chi connectivity index (χ2v) is 11.5. The number of halogens is 1. The summed E-state index contributed by atoms with van der Waals surface area (Å²) in [6.07, 6.45) is 2.42. The van der Waals surface area contributed by atoms with Crippen LogP contribution in [0.1, 0.15) is 39.3 Å². The minimum atomic E-state index is -0.481. The van der Waals surface area contributed by atoms with E-state index in [2.05, 4.69) is 15.3 Å². The predicted octanol–water partition coefficient (Wildman–Crippen LogP) is 4.05. The van der Waals surface area contributed by atoms with Gasteiger partial charge in [-0.15, -0.1) is 0 Å². The Bertz CT molecular complexity index is 1250. The Morgan fingerprint density at radius 1 is 1.15 bits per heavy atom. The lowest BCUT2D eigenvalue weighted by Gasteiger charge is -2.38. The highest BCUT2D eigenvalue weighted by molar-refractivity contribution is 6.31. The first-order chi connectivity index (χ1) is 19.1. The number of amides is 3. The van der Waals surface area contributed by atoms with Gasteiger partial charge in [-0.05, 0) is 51.8 Å². The first kappa shape index (κ1) is 28.1. The molecule has 1 saturated heterocycles. The summed E-state index contributed by atoms with van der Waals surface area (Å²) in [6, 6.07) is 6.34. The van der Waals surface area contributed by atoms with Crippen molar-refractivity contribution in [2.24, 2.45) is 0 Å². The molecule has 3 amide bonds. The molecule has 0 radical (unpaired) electrons. The molecule has 1 aromatic heterocycles. The lowest BCUT2D eigenvalue weighted by Crippen LogP contribution is -2.54. The van der Waals surface area contributed by atoms with Gasteiger partial charge in [0, 0.05) is 42.8 Å². The fourth-order valence-corrected chi connectivity index (χ4v) is 5.11. The molecular formula is C27H35ClN6O6. The number of pyridine rings is 1. The summed E-state index contributed by atoms with van der Waals surface area (Å²) in [5, 5.41) is 11.2. The Morgan fingerprint density at radius 2 is 1.88 bits per heavy atom. The second-order valence-electron chi connectivity index (χ2n) is 11.0. The van der Waals surface area contributed by atoms with Crippen molar-refractivity contribution in [2.75, 3.05) is 49.5 Å². The Kier molecular flexibility index (Phi) is 8.11. The van der Waals surface area contributed by atoms with Crippen LogP contribution in [0.4, 0.5) is 21.0 Å². The number of likely N-dealkylation sites (tertiary alicyclic amines) is 1. The van der Waals surface area contributed by atoms with Crippen molar-refractivity contribution < 1.29 is 29.0 Å². The normalized spacial score (nSPS) is 17.8. The number of aromatic nitrogens is 1. The summed E-state index contributed by atoms with van der Waals surface area (Å²) in [4.78, 5) is 35.8. The number of nitrogens with zero attached hydrogens (tertiary/aromatic N) is 5. The zero-order valence-corrected chi connectivity index (χ0v) is 23.7. The van der Waals surface area contributed by atoms with Gasteiger partial charge in [0.15, 0.2) is 11.5 Å². The topological polar surface area (TPSA) is 120 Å². The van der Waals surface area contributed by atoms with Crippen LogP contribution in [0.3, 0.4) is 0 Å². The van der Waals surface area contributed by atoms with Gasteiger partial charge >= 0.3 is 12.1 Å². The van der Waals surface area contributed by atoms with Gasteiger partial charge in [0.2, 0.25) is 0 Å². The molecule has 1 fully saturated rings. The van der Waals surface area contributed by atoms with Gasteiger partial charge in [-0.3, -0.25) is 20.0 Å². The molecule has 216 valence electrons. The lowest BCUT2D eigenvalue weighted by molar-refractivity contribution is 0.00939. The van der Waals surface area contributed by atoms with E-state index < -0.39 is 11.6 Å². The van der Waals surface area contributed by atoms with E-state index >= 15 is 0 Å². The Balaban J connectivity index is 1.14. The molecule has 0 saturated carbocycles. The van der Waals surface area contributed by atoms with Crippen molar-refractivity contribution in [1.82, 2.24) is 20.2 Å². The van der Waals surface area contributed by atoms with E-state index in [-0.39, 0.29) is 18.7 Å². The largest absolute Gasteiger partial charge is 0.486 e. The first-order valence-electron chi connectivity index (χ1n) is 13.4. The zero-order valence-electron chi connectivity index (χ0n) is 22.9. The van der Waals surface area contributed by atoms with Crippen LogP contribution in [0.5, 0.6) is 11.5 Å². The van der Waals surface area contributed by atoms with Gasteiger partial charge in [0.25, 0.3) is 0 Å². The molecule has 40 heavy (non-hydrogen) atoms. The fraction of sp³-hybridized carbons (Fsp3) is 0.519. The van der Waals surface area contributed by atoms with E-state index in [1.165, 1.54) is 0 Å². The van der Waals surface area contributed by atoms with Crippen molar-refractivity contribution in [3.63, 3.8) is 0 Å². The number of ether oxygens (including phenoxy) is 3. The van der Waals surface area contributed by atoms with Crippen molar-refractivity contribution in [3.05, 3.63) is 41.2 Å². The van der Waals surface area contributed by atoms with E-state index in [1.54, 1.807) is 34.2 Å². The first-order valence-corrected chi connectivity index (χ1v) is 13.8. The lowest BCUT2D eigenvalue weighted by atomic mass is 10.1. The summed E-state index contributed by atoms with van der Waals surface area (Å²) in [5.41, 5.74) is 3.61. The fourth-order valence-electron chi connectivity index (χ4n) is 4.95. The highest BCUT2D eigenvalue weighted by Crippen LogP contribution is 2.34. The summed E-state index contributed by atoms with van der Waals surface area (Å²) in [6.45, 7) is 9.63. The summed E-state index contributed by atoms with van der Waals surface area (Å²) in [5.74, 6) is 1.24. The van der Waals surface area contributed by atoms with Crippen molar-refractivity contribution in [2.45, 2.75) is 51.8 Å². The van der Waals surface area contributed by atoms with Crippen LogP contribution in [0.2, 0.25) is 5.02 Å². The number of carbonyl (C=O) groups excluding carboxylic acids is 2. The van der Waals surface area contributed by atoms with E-state index in [0.29, 0.717) is 77.9 Å². The van der Waals surface area contributed by atoms with Crippen LogP contribution in [0.25, 0.3) is 0 Å². The minimum Gasteiger partial charge on any atom is -0.486 e. The maximum atomic E-state index is 13.3. The van der Waals surface area contributed by atoms with Gasteiger partial charge in [0.05, 0.1) is 24.1 Å². The summed E-state index contributed by atoms with van der Waals surface area (Å²) in [7, 11) is 0. The number of hydrogen-bond acceptors (Lipinski definition) is 9. The molecule has 12 nitrogen and oxygen atoms in total. The molecule has 4 heterocycles. The van der Waals surface area contributed by atoms with Crippen LogP contribution in [-0.4, -0.2) is 83.2 Å². The van der Waals surface area contributed by atoms with Crippen LogP contribution in [0.15, 0.2) is 30.5 Å². The molecule has 0 atom stereocenters. The van der Waals surface area contributed by atoms with E-state index in [0.717, 1.165) is 13.1 Å². The third-order valence-electron chi connectivity index (χ3n) is 7.18. The van der Waals surface area contributed by atoms with Crippen LogP contribution >= 0.6 is 11.6 Å². The standard InChI is InChI=1S/C27H35ClN6O6/c1-27(2,3)33(17-19-15-23-24(16-29-19)39-13-12-38-23)26(36)40-20-6-8-31(9-7-20)10-11-32-22-14-18(28)4-5-21(22)34(37)30-25(32)35/h4-5,14-16,20,37H,6-13,17H2,1-3H3,(H,30,35). The highest BCUT2D eigenvalue weighted by atomic mass is 35.5. The van der Waals surface area contributed by atoms with Crippen molar-refractivity contribution >= 4 is 35.1 Å². The number of urea groups is 1. The molecule has 5 rings (SSSR count). The third kappa shape index (κ3) is 6.29. The molecule has 1 aromatic carbocycles. The van der Waals surface area contributed by atoms with Gasteiger partial charge in [-0.1, -0.05) is 11.6 Å². The molecular weight excluding hydrogens is 540 g/mol. The Morgan fingerprint density at radius 3 is 2.60 bits per heavy atom. The molecule has 0 bridgehead atoms. The zero-order chi connectivity index (χ0) is 28.4. The second kappa shape index (κ2) is 11.6. The SMILES string of the molecule is CC(C)(C)N(Cc1cc2c(cn1)OCCO2)C(=O)OC1CCN(CCN2C(=O)NN(O)c3ccc(Cl)cc32)CC1. The van der Waals surface area contributed by atoms with E-state index in [1.807, 2.05) is 26.8 Å². The number of hydrazine groups is 1. The molecule has 13 heteroatoms. The van der Waals surface area contributed by atoms with Gasteiger partial charge in [0.1, 0.15) is 25.0 Å². The van der Waals surface area contributed by atoms with E-state index in [9.17, 15) is 14.8 Å². The number of carbonyl (C=O) groups is 2. The summed E-state index contributed by atoms with van der Waals surface area (Å²) >= 11 is 6.14. The molecule has 2 aromatic rings. The van der Waals surface area contributed by atoms with E-state index in [4.69, 9.17) is 25.8 Å². The predicted molar refractivity (Wildman–Crippen MR) is 148 cm³/mol. The van der Waals surface area contributed by atoms with Crippen LogP contribution < -0.4 is 25.0 Å². The highest BCUT2D eigenvalue weighted by Gasteiger charge is 2.33. The number of benzene rings is 1. The van der Waals surface area contributed by atoms with Crippen LogP contribution in [-0.2, 0) is 11.3 Å². The molecule has 3 aliphatic rings. The number of rotatable bonds is 6. The van der Waals surface area contributed by atoms with Crippen LogP contribution in [0, 0.1) is 0 Å². The number of nitrogens with one attached hydrogen (secondary N) is 1. The van der Waals surface area contributed by atoms with Crippen molar-refractivity contribution in [3.8, 4) is 11.5 Å². The van der Waals surface area contributed by atoms with Crippen molar-refractivity contribution in [1.29, 1.82) is 0 Å².